The Morgan fingerprint density at radius 3 is 2.62 bits per heavy atom. The summed E-state index contributed by atoms with van der Waals surface area (Å²) in [6.45, 7) is 1.44. The quantitative estimate of drug-likeness (QED) is 0.453. The van der Waals surface area contributed by atoms with Crippen molar-refractivity contribution in [3.05, 3.63) is 58.3 Å². The second kappa shape index (κ2) is 7.68. The molecule has 0 fully saturated rings. The molecule has 0 aliphatic carbocycles. The molecular weight excluding hydrogens is 316 g/mol. The summed E-state index contributed by atoms with van der Waals surface area (Å²) in [6, 6.07) is 9.44. The van der Waals surface area contributed by atoms with Crippen LogP contribution in [-0.2, 0) is 4.79 Å². The van der Waals surface area contributed by atoms with Crippen LogP contribution in [-0.4, -0.2) is 33.3 Å². The number of hydrogen-bond acceptors (Lipinski definition) is 7. The highest BCUT2D eigenvalue weighted by atomic mass is 16.6. The van der Waals surface area contributed by atoms with Crippen molar-refractivity contribution in [3.8, 4) is 5.75 Å². The molecule has 2 rings (SSSR count). The molecule has 2 N–H and O–H groups in total. The van der Waals surface area contributed by atoms with Gasteiger partial charge in [-0.3, -0.25) is 15.5 Å². The maximum Gasteiger partial charge on any atom is 0.344 e. The average molecular weight is 330 g/mol. The number of anilines is 1. The summed E-state index contributed by atoms with van der Waals surface area (Å²) in [5.41, 5.74) is 3.30. The number of carboxylic acids is 1. The minimum Gasteiger partial charge on any atom is -0.479 e. The van der Waals surface area contributed by atoms with Gasteiger partial charge in [0.05, 0.1) is 11.1 Å². The maximum atomic E-state index is 10.7. The molecule has 2 aromatic rings. The number of nitro groups is 1. The number of nitrogens with zero attached hydrogens (tertiary/aromatic N) is 3. The lowest BCUT2D eigenvalue weighted by Crippen LogP contribution is -2.22. The van der Waals surface area contributed by atoms with Crippen molar-refractivity contribution in [1.82, 2.24) is 4.98 Å². The highest BCUT2D eigenvalue weighted by Gasteiger charge is 2.11. The third kappa shape index (κ3) is 4.77. The molecule has 0 aliphatic heterocycles. The topological polar surface area (TPSA) is 127 Å². The molecule has 0 saturated carbocycles. The van der Waals surface area contributed by atoms with Crippen molar-refractivity contribution in [1.29, 1.82) is 0 Å². The van der Waals surface area contributed by atoms with Crippen molar-refractivity contribution < 1.29 is 19.6 Å². The molecule has 0 unspecified atom stereocenters. The van der Waals surface area contributed by atoms with Gasteiger partial charge >= 0.3 is 5.97 Å². The van der Waals surface area contributed by atoms with E-state index in [1.807, 2.05) is 0 Å². The van der Waals surface area contributed by atoms with E-state index in [1.165, 1.54) is 25.3 Å². The summed E-state index contributed by atoms with van der Waals surface area (Å²) < 4.78 is 5.21. The van der Waals surface area contributed by atoms with E-state index >= 15 is 0 Å². The first-order valence-electron chi connectivity index (χ1n) is 6.85. The van der Waals surface area contributed by atoms with Crippen LogP contribution in [0, 0.1) is 10.1 Å². The Kier molecular flexibility index (Phi) is 5.40. The molecule has 0 spiro atoms. The van der Waals surface area contributed by atoms with Crippen LogP contribution in [0.4, 0.5) is 11.5 Å². The van der Waals surface area contributed by atoms with Gasteiger partial charge in [0.1, 0.15) is 17.8 Å². The number of carboxylic acid groups (broad SMARTS) is 1. The highest BCUT2D eigenvalue weighted by Crippen LogP contribution is 2.14. The van der Waals surface area contributed by atoms with Crippen LogP contribution in [0.1, 0.15) is 12.5 Å². The standard InChI is InChI=1S/C15H14N4O5/c1-10(15(20)21)24-13-5-2-11(3-6-13)8-17-18-14-7-4-12(9-16-14)19(22)23/h2-10H,1H3,(H,16,18)(H,20,21)/b17-8-/t10-/m0/s1. The van der Waals surface area contributed by atoms with Gasteiger partial charge in [0.15, 0.2) is 6.10 Å². The van der Waals surface area contributed by atoms with Crippen molar-refractivity contribution in [3.63, 3.8) is 0 Å². The third-order valence-corrected chi connectivity index (χ3v) is 2.89. The summed E-state index contributed by atoms with van der Waals surface area (Å²) >= 11 is 0. The predicted octanol–water partition coefficient (Wildman–Crippen LogP) is 2.29. The van der Waals surface area contributed by atoms with Crippen molar-refractivity contribution in [2.24, 2.45) is 5.10 Å². The van der Waals surface area contributed by atoms with Crippen molar-refractivity contribution in [2.75, 3.05) is 5.43 Å². The molecule has 1 aromatic heterocycles. The molecule has 9 heteroatoms. The number of benzene rings is 1. The van der Waals surface area contributed by atoms with Gasteiger partial charge in [0, 0.05) is 6.07 Å². The lowest BCUT2D eigenvalue weighted by molar-refractivity contribution is -0.385. The van der Waals surface area contributed by atoms with E-state index in [9.17, 15) is 14.9 Å². The van der Waals surface area contributed by atoms with Crippen LogP contribution in [0.3, 0.4) is 0 Å². The number of hydrazone groups is 1. The van der Waals surface area contributed by atoms with E-state index in [0.717, 1.165) is 11.8 Å². The minimum atomic E-state index is -1.04. The van der Waals surface area contributed by atoms with Gasteiger partial charge in [-0.25, -0.2) is 9.78 Å². The van der Waals surface area contributed by atoms with E-state index < -0.39 is 17.0 Å². The van der Waals surface area contributed by atoms with Crippen LogP contribution in [0.5, 0.6) is 5.75 Å². The summed E-state index contributed by atoms with van der Waals surface area (Å²) in [7, 11) is 0. The van der Waals surface area contributed by atoms with E-state index in [2.05, 4.69) is 15.5 Å². The SMILES string of the molecule is C[C@H](Oc1ccc(/C=N\Nc2ccc([N+](=O)[O-])cn2)cc1)C(=O)O. The number of aromatic nitrogens is 1. The van der Waals surface area contributed by atoms with E-state index in [1.54, 1.807) is 24.3 Å². The zero-order valence-electron chi connectivity index (χ0n) is 12.6. The van der Waals surface area contributed by atoms with Crippen molar-refractivity contribution >= 4 is 23.7 Å². The first kappa shape index (κ1) is 16.9. The van der Waals surface area contributed by atoms with Crippen LogP contribution >= 0.6 is 0 Å². The predicted molar refractivity (Wildman–Crippen MR) is 86.3 cm³/mol. The monoisotopic (exact) mass is 330 g/mol. The number of pyridine rings is 1. The fourth-order valence-corrected chi connectivity index (χ4v) is 1.62. The molecule has 0 saturated heterocycles. The number of nitrogens with one attached hydrogen (secondary N) is 1. The van der Waals surface area contributed by atoms with Gasteiger partial charge in [-0.05, 0) is 42.8 Å². The Morgan fingerprint density at radius 2 is 2.08 bits per heavy atom. The van der Waals surface area contributed by atoms with Crippen LogP contribution < -0.4 is 10.2 Å². The molecule has 0 radical (unpaired) electrons. The molecule has 0 amide bonds. The molecule has 0 aliphatic rings. The van der Waals surface area contributed by atoms with Gasteiger partial charge in [-0.15, -0.1) is 0 Å². The zero-order chi connectivity index (χ0) is 17.5. The Labute approximate surface area is 136 Å². The molecule has 24 heavy (non-hydrogen) atoms. The maximum absolute atomic E-state index is 10.7. The van der Waals surface area contributed by atoms with Gasteiger partial charge in [0.25, 0.3) is 5.69 Å². The number of ether oxygens (including phenoxy) is 1. The first-order chi connectivity index (χ1) is 11.5. The van der Waals surface area contributed by atoms with Gasteiger partial charge in [-0.1, -0.05) is 0 Å². The fourth-order valence-electron chi connectivity index (χ4n) is 1.62. The van der Waals surface area contributed by atoms with Gasteiger partial charge in [-0.2, -0.15) is 5.10 Å². The first-order valence-corrected chi connectivity index (χ1v) is 6.85. The molecule has 9 nitrogen and oxygen atoms in total. The molecule has 1 heterocycles. The van der Waals surface area contributed by atoms with Gasteiger partial charge < -0.3 is 9.84 Å². The van der Waals surface area contributed by atoms with Crippen LogP contribution in [0.25, 0.3) is 0 Å². The molecule has 1 atom stereocenters. The summed E-state index contributed by atoms with van der Waals surface area (Å²) in [4.78, 5) is 24.5. The summed E-state index contributed by atoms with van der Waals surface area (Å²) in [6.07, 6.45) is 1.72. The summed E-state index contributed by atoms with van der Waals surface area (Å²) in [5, 5.41) is 23.3. The lowest BCUT2D eigenvalue weighted by Gasteiger charge is -2.09. The van der Waals surface area contributed by atoms with E-state index in [0.29, 0.717) is 11.6 Å². The average Bonchev–Trinajstić information content (AvgIpc) is 2.56. The Morgan fingerprint density at radius 1 is 1.38 bits per heavy atom. The summed E-state index contributed by atoms with van der Waals surface area (Å²) in [5.74, 6) is -0.237. The second-order valence-electron chi connectivity index (χ2n) is 4.70. The minimum absolute atomic E-state index is 0.101. The molecular formula is C15H14N4O5. The normalized spacial score (nSPS) is 11.9. The smallest absolute Gasteiger partial charge is 0.344 e. The number of carbonyl (C=O) groups is 1. The fraction of sp³-hybridized carbons (Fsp3) is 0.133. The molecule has 1 aromatic carbocycles. The Bertz CT molecular complexity index is 743. The van der Waals surface area contributed by atoms with E-state index in [-0.39, 0.29) is 5.69 Å². The zero-order valence-corrected chi connectivity index (χ0v) is 12.6. The molecule has 0 bridgehead atoms. The number of hydrogen-bond donors (Lipinski definition) is 2. The Balaban J connectivity index is 1.92. The van der Waals surface area contributed by atoms with Crippen molar-refractivity contribution in [2.45, 2.75) is 13.0 Å². The molecule has 124 valence electrons. The lowest BCUT2D eigenvalue weighted by atomic mass is 10.2. The third-order valence-electron chi connectivity index (χ3n) is 2.89. The second-order valence-corrected chi connectivity index (χ2v) is 4.70. The van der Waals surface area contributed by atoms with Crippen LogP contribution in [0.2, 0.25) is 0 Å². The van der Waals surface area contributed by atoms with Crippen LogP contribution in [0.15, 0.2) is 47.7 Å². The highest BCUT2D eigenvalue weighted by molar-refractivity contribution is 5.80. The number of aliphatic carboxylic acids is 1. The number of rotatable bonds is 7. The van der Waals surface area contributed by atoms with Gasteiger partial charge in [0.2, 0.25) is 0 Å². The Hall–Kier alpha value is -3.49. The van der Waals surface area contributed by atoms with E-state index in [4.69, 9.17) is 9.84 Å². The largest absolute Gasteiger partial charge is 0.479 e.